The van der Waals surface area contributed by atoms with Crippen molar-refractivity contribution in [3.63, 3.8) is 0 Å². The Morgan fingerprint density at radius 3 is 3.00 bits per heavy atom. The number of nitrogens with two attached hydrogens (primary N) is 2. The van der Waals surface area contributed by atoms with Crippen LogP contribution in [0.25, 0.3) is 0 Å². The zero-order valence-electron chi connectivity index (χ0n) is 8.81. The predicted molar refractivity (Wildman–Crippen MR) is 56.8 cm³/mol. The Morgan fingerprint density at radius 2 is 2.47 bits per heavy atom. The molecule has 0 radical (unpaired) electrons. The van der Waals surface area contributed by atoms with Gasteiger partial charge >= 0.3 is 0 Å². The molecule has 84 valence electrons. The molecule has 1 heterocycles. The Balaban J connectivity index is 2.46. The molecule has 6 heteroatoms. The van der Waals surface area contributed by atoms with Crippen molar-refractivity contribution < 1.29 is 4.79 Å². The van der Waals surface area contributed by atoms with Crippen molar-refractivity contribution in [2.24, 2.45) is 18.5 Å². The van der Waals surface area contributed by atoms with Gasteiger partial charge in [0.25, 0.3) is 0 Å². The minimum Gasteiger partial charge on any atom is -0.354 e. The van der Waals surface area contributed by atoms with Gasteiger partial charge in [-0.1, -0.05) is 0 Å². The highest BCUT2D eigenvalue weighted by atomic mass is 16.2. The van der Waals surface area contributed by atoms with Gasteiger partial charge in [-0.15, -0.1) is 0 Å². The van der Waals surface area contributed by atoms with Crippen LogP contribution < -0.4 is 16.8 Å². The van der Waals surface area contributed by atoms with Crippen molar-refractivity contribution in [3.05, 3.63) is 18.0 Å². The minimum absolute atomic E-state index is 0.198. The van der Waals surface area contributed by atoms with Gasteiger partial charge in [0, 0.05) is 25.4 Å². The summed E-state index contributed by atoms with van der Waals surface area (Å²) in [6.45, 7) is 1.12. The lowest BCUT2D eigenvalue weighted by Crippen LogP contribution is -2.35. The molecule has 0 aliphatic heterocycles. The van der Waals surface area contributed by atoms with Crippen LogP contribution in [0.4, 0.5) is 0 Å². The second-order valence-electron chi connectivity index (χ2n) is 3.36. The van der Waals surface area contributed by atoms with Gasteiger partial charge in [0.1, 0.15) is 6.04 Å². The van der Waals surface area contributed by atoms with Crippen LogP contribution in [-0.2, 0) is 11.8 Å². The number of rotatable bonds is 5. The molecule has 0 spiro atoms. The summed E-state index contributed by atoms with van der Waals surface area (Å²) >= 11 is 0. The summed E-state index contributed by atoms with van der Waals surface area (Å²) in [6.07, 6.45) is 4.08. The largest absolute Gasteiger partial charge is 0.354 e. The van der Waals surface area contributed by atoms with Crippen molar-refractivity contribution >= 4 is 5.91 Å². The summed E-state index contributed by atoms with van der Waals surface area (Å²) in [5, 5.41) is 6.66. The zero-order valence-corrected chi connectivity index (χ0v) is 8.81. The number of carbonyl (C=O) groups is 1. The fourth-order valence-corrected chi connectivity index (χ4v) is 1.18. The van der Waals surface area contributed by atoms with E-state index in [2.05, 4.69) is 10.4 Å². The van der Waals surface area contributed by atoms with E-state index in [-0.39, 0.29) is 5.91 Å². The van der Waals surface area contributed by atoms with Gasteiger partial charge in [0.15, 0.2) is 0 Å². The Kier molecular flexibility index (Phi) is 4.26. The van der Waals surface area contributed by atoms with Crippen LogP contribution in [-0.4, -0.2) is 28.8 Å². The van der Waals surface area contributed by atoms with E-state index in [1.807, 2.05) is 0 Å². The summed E-state index contributed by atoms with van der Waals surface area (Å²) in [5.74, 6) is -0.198. The molecule has 0 aromatic carbocycles. The van der Waals surface area contributed by atoms with Gasteiger partial charge in [-0.2, -0.15) is 5.10 Å². The topological polar surface area (TPSA) is 99.0 Å². The molecule has 0 saturated heterocycles. The molecule has 0 aliphatic rings. The smallest absolute Gasteiger partial charge is 0.241 e. The Hall–Kier alpha value is -1.40. The van der Waals surface area contributed by atoms with E-state index in [0.717, 1.165) is 6.42 Å². The molecule has 1 amide bonds. The maximum absolute atomic E-state index is 11.5. The van der Waals surface area contributed by atoms with Crippen LogP contribution >= 0.6 is 0 Å². The van der Waals surface area contributed by atoms with Gasteiger partial charge < -0.3 is 16.8 Å². The van der Waals surface area contributed by atoms with Crippen LogP contribution in [0.3, 0.4) is 0 Å². The van der Waals surface area contributed by atoms with Gasteiger partial charge in [0.05, 0.1) is 6.20 Å². The van der Waals surface area contributed by atoms with Crippen molar-refractivity contribution in [2.75, 3.05) is 13.1 Å². The third kappa shape index (κ3) is 3.34. The van der Waals surface area contributed by atoms with Crippen LogP contribution in [0.1, 0.15) is 18.0 Å². The van der Waals surface area contributed by atoms with E-state index in [4.69, 9.17) is 11.5 Å². The molecule has 5 N–H and O–H groups in total. The molecule has 1 atom stereocenters. The number of nitrogens with one attached hydrogen (secondary N) is 1. The number of aryl methyl sites for hydroxylation is 1. The number of carbonyl (C=O) groups excluding carboxylic acids is 1. The highest BCUT2D eigenvalue weighted by molar-refractivity contribution is 5.82. The normalized spacial score (nSPS) is 12.5. The van der Waals surface area contributed by atoms with E-state index in [1.165, 1.54) is 0 Å². The molecule has 15 heavy (non-hydrogen) atoms. The molecule has 0 bridgehead atoms. The van der Waals surface area contributed by atoms with Gasteiger partial charge in [0.2, 0.25) is 5.91 Å². The number of hydrogen-bond donors (Lipinski definition) is 3. The summed E-state index contributed by atoms with van der Waals surface area (Å²) in [5.41, 5.74) is 11.8. The molecular formula is C9H17N5O. The lowest BCUT2D eigenvalue weighted by Gasteiger charge is -2.09. The SMILES string of the molecule is Cn1cc(C(N)C(=O)NCCCN)cn1. The first-order chi connectivity index (χ1) is 7.15. The van der Waals surface area contributed by atoms with Crippen molar-refractivity contribution in [3.8, 4) is 0 Å². The van der Waals surface area contributed by atoms with Crippen LogP contribution in [0.15, 0.2) is 12.4 Å². The first-order valence-corrected chi connectivity index (χ1v) is 4.87. The molecule has 1 rings (SSSR count). The molecule has 6 nitrogen and oxygen atoms in total. The van der Waals surface area contributed by atoms with E-state index in [1.54, 1.807) is 24.1 Å². The van der Waals surface area contributed by atoms with Crippen molar-refractivity contribution in [1.82, 2.24) is 15.1 Å². The molecule has 1 aromatic heterocycles. The maximum Gasteiger partial charge on any atom is 0.241 e. The first-order valence-electron chi connectivity index (χ1n) is 4.87. The third-order valence-corrected chi connectivity index (χ3v) is 2.05. The Labute approximate surface area is 88.6 Å². The number of amides is 1. The van der Waals surface area contributed by atoms with Crippen LogP contribution in [0.2, 0.25) is 0 Å². The lowest BCUT2D eigenvalue weighted by molar-refractivity contribution is -0.122. The van der Waals surface area contributed by atoms with E-state index >= 15 is 0 Å². The van der Waals surface area contributed by atoms with Crippen molar-refractivity contribution in [1.29, 1.82) is 0 Å². The number of nitrogens with zero attached hydrogens (tertiary/aromatic N) is 2. The average Bonchev–Trinajstić information content (AvgIpc) is 2.64. The molecule has 1 unspecified atom stereocenters. The molecule has 0 aliphatic carbocycles. The first kappa shape index (κ1) is 11.7. The van der Waals surface area contributed by atoms with Crippen LogP contribution in [0, 0.1) is 0 Å². The average molecular weight is 211 g/mol. The summed E-state index contributed by atoms with van der Waals surface area (Å²) in [7, 11) is 1.78. The van der Waals surface area contributed by atoms with Gasteiger partial charge in [-0.25, -0.2) is 0 Å². The third-order valence-electron chi connectivity index (χ3n) is 2.05. The fourth-order valence-electron chi connectivity index (χ4n) is 1.18. The molecule has 0 saturated carbocycles. The summed E-state index contributed by atoms with van der Waals surface area (Å²) in [6, 6.07) is -0.656. The second-order valence-corrected chi connectivity index (χ2v) is 3.36. The van der Waals surface area contributed by atoms with Gasteiger partial charge in [-0.3, -0.25) is 9.48 Å². The van der Waals surface area contributed by atoms with E-state index in [9.17, 15) is 4.79 Å². The zero-order chi connectivity index (χ0) is 11.3. The molecule has 0 fully saturated rings. The fraction of sp³-hybridized carbons (Fsp3) is 0.556. The standard InChI is InChI=1S/C9H17N5O/c1-14-6-7(5-13-14)8(11)9(15)12-4-2-3-10/h5-6,8H,2-4,10-11H2,1H3,(H,12,15). The van der Waals surface area contributed by atoms with Crippen LogP contribution in [0.5, 0.6) is 0 Å². The number of hydrogen-bond acceptors (Lipinski definition) is 4. The van der Waals surface area contributed by atoms with Crippen molar-refractivity contribution in [2.45, 2.75) is 12.5 Å². The van der Waals surface area contributed by atoms with Gasteiger partial charge in [-0.05, 0) is 13.0 Å². The minimum atomic E-state index is -0.656. The monoisotopic (exact) mass is 211 g/mol. The predicted octanol–water partition coefficient (Wildman–Crippen LogP) is -1.12. The second kappa shape index (κ2) is 5.47. The van der Waals surface area contributed by atoms with E-state index < -0.39 is 6.04 Å². The molecule has 1 aromatic rings. The molecular weight excluding hydrogens is 194 g/mol. The number of aromatic nitrogens is 2. The lowest BCUT2D eigenvalue weighted by atomic mass is 10.1. The highest BCUT2D eigenvalue weighted by Crippen LogP contribution is 2.07. The maximum atomic E-state index is 11.5. The summed E-state index contributed by atoms with van der Waals surface area (Å²) < 4.78 is 1.61. The quantitative estimate of drug-likeness (QED) is 0.537. The van der Waals surface area contributed by atoms with E-state index in [0.29, 0.717) is 18.7 Å². The highest BCUT2D eigenvalue weighted by Gasteiger charge is 2.16. The Morgan fingerprint density at radius 1 is 1.73 bits per heavy atom. The Bertz CT molecular complexity index is 322. The summed E-state index contributed by atoms with van der Waals surface area (Å²) in [4.78, 5) is 11.5.